The molecule has 1 aliphatic carbocycles. The Morgan fingerprint density at radius 1 is 1.41 bits per heavy atom. The first-order chi connectivity index (χ1) is 8.08. The molecule has 0 aromatic heterocycles. The molecule has 0 spiro atoms. The molecule has 4 nitrogen and oxygen atoms in total. The molecule has 0 atom stereocenters. The van der Waals surface area contributed by atoms with Crippen LogP contribution in [0.25, 0.3) is 0 Å². The normalized spacial score (nSPS) is 16.5. The molecule has 1 amide bonds. The number of carbonyl (C=O) groups excluding carboxylic acids is 1. The maximum atomic E-state index is 11.8. The van der Waals surface area contributed by atoms with Gasteiger partial charge in [-0.05, 0) is 25.0 Å². The SMILES string of the molecule is O=C(NCC1(CCl)CC1)c1cccc(O)c1O. The molecule has 3 N–H and O–H groups in total. The van der Waals surface area contributed by atoms with Crippen molar-refractivity contribution < 1.29 is 15.0 Å². The van der Waals surface area contributed by atoms with Gasteiger partial charge in [-0.2, -0.15) is 0 Å². The fourth-order valence-electron chi connectivity index (χ4n) is 1.61. The van der Waals surface area contributed by atoms with E-state index >= 15 is 0 Å². The van der Waals surface area contributed by atoms with Crippen molar-refractivity contribution in [3.63, 3.8) is 0 Å². The number of para-hydroxylation sites is 1. The number of hydrogen-bond acceptors (Lipinski definition) is 3. The highest BCUT2D eigenvalue weighted by atomic mass is 35.5. The third kappa shape index (κ3) is 2.47. The van der Waals surface area contributed by atoms with Crippen molar-refractivity contribution in [1.29, 1.82) is 0 Å². The van der Waals surface area contributed by atoms with E-state index in [-0.39, 0.29) is 22.5 Å². The van der Waals surface area contributed by atoms with Crippen LogP contribution in [0.4, 0.5) is 0 Å². The van der Waals surface area contributed by atoms with Crippen LogP contribution >= 0.6 is 11.6 Å². The molecule has 1 fully saturated rings. The first kappa shape index (κ1) is 12.0. The van der Waals surface area contributed by atoms with Crippen molar-refractivity contribution in [3.8, 4) is 11.5 Å². The molecule has 0 unspecified atom stereocenters. The second kappa shape index (κ2) is 4.45. The number of carbonyl (C=O) groups is 1. The zero-order valence-electron chi connectivity index (χ0n) is 9.24. The number of rotatable bonds is 4. The molecule has 5 heteroatoms. The minimum absolute atomic E-state index is 0.0314. The lowest BCUT2D eigenvalue weighted by Crippen LogP contribution is -2.31. The van der Waals surface area contributed by atoms with E-state index in [0.29, 0.717) is 12.4 Å². The molecule has 2 rings (SSSR count). The average Bonchev–Trinajstić information content (AvgIpc) is 3.10. The van der Waals surface area contributed by atoms with Crippen LogP contribution < -0.4 is 5.32 Å². The van der Waals surface area contributed by atoms with Crippen molar-refractivity contribution in [3.05, 3.63) is 23.8 Å². The predicted octanol–water partition coefficient (Wildman–Crippen LogP) is 1.85. The molecule has 0 radical (unpaired) electrons. The van der Waals surface area contributed by atoms with Crippen LogP contribution in [0.5, 0.6) is 11.5 Å². The number of alkyl halides is 1. The summed E-state index contributed by atoms with van der Waals surface area (Å²) < 4.78 is 0. The fourth-order valence-corrected chi connectivity index (χ4v) is 1.97. The van der Waals surface area contributed by atoms with E-state index in [9.17, 15) is 15.0 Å². The second-order valence-electron chi connectivity index (χ2n) is 4.49. The summed E-state index contributed by atoms with van der Waals surface area (Å²) in [5.41, 5.74) is 0.110. The topological polar surface area (TPSA) is 69.6 Å². The molecule has 1 aromatic rings. The van der Waals surface area contributed by atoms with E-state index in [2.05, 4.69) is 5.32 Å². The Balaban J connectivity index is 2.02. The minimum atomic E-state index is -0.394. The molecule has 92 valence electrons. The van der Waals surface area contributed by atoms with E-state index in [0.717, 1.165) is 12.8 Å². The van der Waals surface area contributed by atoms with Crippen LogP contribution in [0.1, 0.15) is 23.2 Å². The summed E-state index contributed by atoms with van der Waals surface area (Å²) in [4.78, 5) is 11.8. The molecular weight excluding hydrogens is 242 g/mol. The Morgan fingerprint density at radius 2 is 2.12 bits per heavy atom. The summed E-state index contributed by atoms with van der Waals surface area (Å²) in [6.45, 7) is 0.504. The van der Waals surface area contributed by atoms with Gasteiger partial charge in [0.2, 0.25) is 0 Å². The van der Waals surface area contributed by atoms with Crippen molar-refractivity contribution in [2.45, 2.75) is 12.8 Å². The predicted molar refractivity (Wildman–Crippen MR) is 64.5 cm³/mol. The first-order valence-electron chi connectivity index (χ1n) is 5.43. The lowest BCUT2D eigenvalue weighted by molar-refractivity contribution is 0.0943. The van der Waals surface area contributed by atoms with Gasteiger partial charge in [-0.1, -0.05) is 6.07 Å². The Labute approximate surface area is 104 Å². The number of benzene rings is 1. The minimum Gasteiger partial charge on any atom is -0.504 e. The van der Waals surface area contributed by atoms with Crippen LogP contribution in [-0.4, -0.2) is 28.5 Å². The van der Waals surface area contributed by atoms with Gasteiger partial charge in [-0.25, -0.2) is 0 Å². The third-order valence-corrected chi connectivity index (χ3v) is 3.69. The fraction of sp³-hybridized carbons (Fsp3) is 0.417. The number of amides is 1. The highest BCUT2D eigenvalue weighted by Crippen LogP contribution is 2.45. The average molecular weight is 256 g/mol. The molecule has 0 heterocycles. The molecule has 0 aliphatic heterocycles. The summed E-state index contributed by atoms with van der Waals surface area (Å²) in [5.74, 6) is -0.550. The van der Waals surface area contributed by atoms with Crippen LogP contribution in [-0.2, 0) is 0 Å². The van der Waals surface area contributed by atoms with Gasteiger partial charge in [0.25, 0.3) is 5.91 Å². The largest absolute Gasteiger partial charge is 0.504 e. The zero-order chi connectivity index (χ0) is 12.5. The second-order valence-corrected chi connectivity index (χ2v) is 4.76. The maximum absolute atomic E-state index is 11.8. The van der Waals surface area contributed by atoms with Gasteiger partial charge in [0.05, 0.1) is 5.56 Å². The maximum Gasteiger partial charge on any atom is 0.255 e. The third-order valence-electron chi connectivity index (χ3n) is 3.12. The van der Waals surface area contributed by atoms with E-state index in [1.54, 1.807) is 0 Å². The lowest BCUT2D eigenvalue weighted by Gasteiger charge is -2.13. The molecule has 0 bridgehead atoms. The number of halogens is 1. The summed E-state index contributed by atoms with van der Waals surface area (Å²) in [5, 5.41) is 21.5. The Bertz CT molecular complexity index is 443. The standard InChI is InChI=1S/C12H14ClNO3/c13-6-12(4-5-12)7-14-11(17)8-2-1-3-9(15)10(8)16/h1-3,15-16H,4-7H2,(H,14,17). The van der Waals surface area contributed by atoms with Gasteiger partial charge >= 0.3 is 0 Å². The highest BCUT2D eigenvalue weighted by Gasteiger charge is 2.41. The molecule has 0 saturated heterocycles. The highest BCUT2D eigenvalue weighted by molar-refractivity contribution is 6.18. The van der Waals surface area contributed by atoms with Crippen molar-refractivity contribution in [2.24, 2.45) is 5.41 Å². The van der Waals surface area contributed by atoms with E-state index < -0.39 is 5.91 Å². The van der Waals surface area contributed by atoms with E-state index in [4.69, 9.17) is 11.6 Å². The number of phenolic OH excluding ortho intramolecular Hbond substituents is 2. The molecule has 1 aromatic carbocycles. The first-order valence-corrected chi connectivity index (χ1v) is 5.96. The Hall–Kier alpha value is -1.42. The van der Waals surface area contributed by atoms with Gasteiger partial charge in [0.15, 0.2) is 11.5 Å². The summed E-state index contributed by atoms with van der Waals surface area (Å²) in [6, 6.07) is 4.30. The van der Waals surface area contributed by atoms with Crippen LogP contribution in [0, 0.1) is 5.41 Å². The molecule has 1 aliphatic rings. The number of aromatic hydroxyl groups is 2. The van der Waals surface area contributed by atoms with Crippen molar-refractivity contribution in [1.82, 2.24) is 5.32 Å². The summed E-state index contributed by atoms with van der Waals surface area (Å²) >= 11 is 5.80. The van der Waals surface area contributed by atoms with E-state index in [1.165, 1.54) is 18.2 Å². The zero-order valence-corrected chi connectivity index (χ0v) is 10.00. The van der Waals surface area contributed by atoms with E-state index in [1.807, 2.05) is 0 Å². The Morgan fingerprint density at radius 3 is 2.71 bits per heavy atom. The molecule has 17 heavy (non-hydrogen) atoms. The van der Waals surface area contributed by atoms with Gasteiger partial charge < -0.3 is 15.5 Å². The molecular formula is C12H14ClNO3. The van der Waals surface area contributed by atoms with Gasteiger partial charge in [0, 0.05) is 17.8 Å². The van der Waals surface area contributed by atoms with Gasteiger partial charge in [-0.3, -0.25) is 4.79 Å². The lowest BCUT2D eigenvalue weighted by atomic mass is 10.1. The monoisotopic (exact) mass is 255 g/mol. The van der Waals surface area contributed by atoms with Crippen molar-refractivity contribution in [2.75, 3.05) is 12.4 Å². The van der Waals surface area contributed by atoms with Crippen molar-refractivity contribution >= 4 is 17.5 Å². The van der Waals surface area contributed by atoms with Gasteiger partial charge in [-0.15, -0.1) is 11.6 Å². The smallest absolute Gasteiger partial charge is 0.255 e. The summed E-state index contributed by atoms with van der Waals surface area (Å²) in [6.07, 6.45) is 2.03. The summed E-state index contributed by atoms with van der Waals surface area (Å²) in [7, 11) is 0. The molecule has 1 saturated carbocycles. The van der Waals surface area contributed by atoms with Crippen LogP contribution in [0.15, 0.2) is 18.2 Å². The number of phenols is 2. The van der Waals surface area contributed by atoms with Gasteiger partial charge in [0.1, 0.15) is 0 Å². The number of nitrogens with one attached hydrogen (secondary N) is 1. The van der Waals surface area contributed by atoms with Crippen LogP contribution in [0.2, 0.25) is 0 Å². The Kier molecular flexibility index (Phi) is 3.15. The van der Waals surface area contributed by atoms with Crippen LogP contribution in [0.3, 0.4) is 0 Å². The quantitative estimate of drug-likeness (QED) is 0.568. The number of hydrogen-bond donors (Lipinski definition) is 3.